The van der Waals surface area contributed by atoms with Crippen LogP contribution in [0.25, 0.3) is 0 Å². The fourth-order valence-electron chi connectivity index (χ4n) is 1.31. The Bertz CT molecular complexity index is 609. The maximum atomic E-state index is 11.3. The first-order chi connectivity index (χ1) is 8.06. The molecular formula is C11H11BrN4O. The number of anilines is 2. The van der Waals surface area contributed by atoms with Crippen molar-refractivity contribution in [3.8, 4) is 0 Å². The molecule has 0 unspecified atom stereocenters. The SMILES string of the molecule is Cc1cc(Nc2nnc(C)c(=O)[nH]2)ccc1Br. The number of rotatable bonds is 2. The van der Waals surface area contributed by atoms with E-state index in [2.05, 4.69) is 36.4 Å². The molecule has 2 aromatic rings. The molecule has 0 fully saturated rings. The molecule has 0 atom stereocenters. The second-order valence-corrected chi connectivity index (χ2v) is 4.53. The molecule has 0 amide bonds. The Morgan fingerprint density at radius 1 is 1.29 bits per heavy atom. The molecular weight excluding hydrogens is 284 g/mol. The number of aromatic nitrogens is 3. The van der Waals surface area contributed by atoms with Crippen LogP contribution in [0.3, 0.4) is 0 Å². The van der Waals surface area contributed by atoms with E-state index in [1.807, 2.05) is 25.1 Å². The summed E-state index contributed by atoms with van der Waals surface area (Å²) < 4.78 is 1.03. The van der Waals surface area contributed by atoms with Crippen molar-refractivity contribution in [2.24, 2.45) is 0 Å². The Labute approximate surface area is 106 Å². The Hall–Kier alpha value is -1.69. The van der Waals surface area contributed by atoms with E-state index in [1.165, 1.54) is 0 Å². The third-order valence-electron chi connectivity index (χ3n) is 2.28. The first-order valence-corrected chi connectivity index (χ1v) is 5.82. The van der Waals surface area contributed by atoms with Gasteiger partial charge in [-0.05, 0) is 37.6 Å². The summed E-state index contributed by atoms with van der Waals surface area (Å²) in [6.45, 7) is 3.60. The van der Waals surface area contributed by atoms with E-state index in [9.17, 15) is 4.79 Å². The van der Waals surface area contributed by atoms with Crippen LogP contribution in [0.2, 0.25) is 0 Å². The number of H-pyrrole nitrogens is 1. The molecule has 17 heavy (non-hydrogen) atoms. The number of hydrogen-bond donors (Lipinski definition) is 2. The van der Waals surface area contributed by atoms with E-state index in [0.717, 1.165) is 15.7 Å². The molecule has 5 nitrogen and oxygen atoms in total. The summed E-state index contributed by atoms with van der Waals surface area (Å²) in [5, 5.41) is 10.6. The van der Waals surface area contributed by atoms with E-state index >= 15 is 0 Å². The van der Waals surface area contributed by atoms with Gasteiger partial charge in [0.15, 0.2) is 0 Å². The highest BCUT2D eigenvalue weighted by molar-refractivity contribution is 9.10. The largest absolute Gasteiger partial charge is 0.324 e. The first-order valence-electron chi connectivity index (χ1n) is 5.03. The lowest BCUT2D eigenvalue weighted by molar-refractivity contribution is 0.908. The first kappa shape index (κ1) is 11.8. The molecule has 6 heteroatoms. The topological polar surface area (TPSA) is 70.7 Å². The average molecular weight is 295 g/mol. The maximum absolute atomic E-state index is 11.3. The summed E-state index contributed by atoms with van der Waals surface area (Å²) in [7, 11) is 0. The number of aromatic amines is 1. The van der Waals surface area contributed by atoms with Gasteiger partial charge in [-0.25, -0.2) is 0 Å². The molecule has 1 aromatic heterocycles. The Morgan fingerprint density at radius 2 is 2.06 bits per heavy atom. The Morgan fingerprint density at radius 3 is 2.71 bits per heavy atom. The molecule has 0 aliphatic rings. The molecule has 0 saturated heterocycles. The number of aryl methyl sites for hydroxylation is 2. The van der Waals surface area contributed by atoms with Crippen LogP contribution in [-0.2, 0) is 0 Å². The number of halogens is 1. The highest BCUT2D eigenvalue weighted by Crippen LogP contribution is 2.21. The van der Waals surface area contributed by atoms with Crippen LogP contribution in [0.15, 0.2) is 27.5 Å². The molecule has 0 spiro atoms. The number of nitrogens with zero attached hydrogens (tertiary/aromatic N) is 2. The monoisotopic (exact) mass is 294 g/mol. The van der Waals surface area contributed by atoms with Gasteiger partial charge in [-0.2, -0.15) is 0 Å². The highest BCUT2D eigenvalue weighted by atomic mass is 79.9. The summed E-state index contributed by atoms with van der Waals surface area (Å²) in [6, 6.07) is 5.76. The van der Waals surface area contributed by atoms with Gasteiger partial charge in [0.1, 0.15) is 5.69 Å². The summed E-state index contributed by atoms with van der Waals surface area (Å²) in [5.74, 6) is 0.335. The molecule has 1 heterocycles. The van der Waals surface area contributed by atoms with Crippen molar-refractivity contribution in [1.29, 1.82) is 0 Å². The van der Waals surface area contributed by atoms with Gasteiger partial charge in [0, 0.05) is 10.2 Å². The summed E-state index contributed by atoms with van der Waals surface area (Å²) in [5.41, 5.74) is 2.05. The van der Waals surface area contributed by atoms with Crippen molar-refractivity contribution in [3.63, 3.8) is 0 Å². The van der Waals surface area contributed by atoms with Crippen molar-refractivity contribution >= 4 is 27.6 Å². The van der Waals surface area contributed by atoms with Gasteiger partial charge in [-0.15, -0.1) is 10.2 Å². The van der Waals surface area contributed by atoms with Crippen LogP contribution in [0.4, 0.5) is 11.6 Å². The zero-order valence-electron chi connectivity index (χ0n) is 9.41. The predicted molar refractivity (Wildman–Crippen MR) is 69.6 cm³/mol. The summed E-state index contributed by atoms with van der Waals surface area (Å²) in [4.78, 5) is 14.0. The second-order valence-electron chi connectivity index (χ2n) is 3.68. The quantitative estimate of drug-likeness (QED) is 0.891. The van der Waals surface area contributed by atoms with E-state index in [0.29, 0.717) is 11.6 Å². The van der Waals surface area contributed by atoms with Gasteiger partial charge in [-0.1, -0.05) is 15.9 Å². The molecule has 88 valence electrons. The number of benzene rings is 1. The average Bonchev–Trinajstić information content (AvgIpc) is 2.29. The van der Waals surface area contributed by atoms with E-state index in [4.69, 9.17) is 0 Å². The number of nitrogens with one attached hydrogen (secondary N) is 2. The standard InChI is InChI=1S/C11H11BrN4O/c1-6-5-8(3-4-9(6)12)13-11-14-10(17)7(2)15-16-11/h3-5H,1-2H3,(H2,13,14,16,17). The molecule has 0 aliphatic carbocycles. The minimum absolute atomic E-state index is 0.240. The fraction of sp³-hybridized carbons (Fsp3) is 0.182. The minimum atomic E-state index is -0.240. The van der Waals surface area contributed by atoms with Crippen molar-refractivity contribution in [2.45, 2.75) is 13.8 Å². The predicted octanol–water partition coefficient (Wildman–Crippen LogP) is 2.29. The highest BCUT2D eigenvalue weighted by Gasteiger charge is 2.02. The van der Waals surface area contributed by atoms with Crippen LogP contribution in [0.5, 0.6) is 0 Å². The van der Waals surface area contributed by atoms with Crippen molar-refractivity contribution in [3.05, 3.63) is 44.3 Å². The molecule has 0 bridgehead atoms. The van der Waals surface area contributed by atoms with Crippen LogP contribution in [0.1, 0.15) is 11.3 Å². The summed E-state index contributed by atoms with van der Waals surface area (Å²) >= 11 is 3.42. The third kappa shape index (κ3) is 2.71. The van der Waals surface area contributed by atoms with Crippen molar-refractivity contribution in [1.82, 2.24) is 15.2 Å². The fourth-order valence-corrected chi connectivity index (χ4v) is 1.56. The molecule has 2 N–H and O–H groups in total. The second kappa shape index (κ2) is 4.67. The summed E-state index contributed by atoms with van der Waals surface area (Å²) in [6.07, 6.45) is 0. The van der Waals surface area contributed by atoms with Gasteiger partial charge in [0.25, 0.3) is 5.56 Å². The van der Waals surface area contributed by atoms with Gasteiger partial charge in [0.05, 0.1) is 0 Å². The maximum Gasteiger partial charge on any atom is 0.273 e. The zero-order valence-corrected chi connectivity index (χ0v) is 11.0. The zero-order chi connectivity index (χ0) is 12.4. The Balaban J connectivity index is 2.28. The van der Waals surface area contributed by atoms with Crippen LogP contribution in [-0.4, -0.2) is 15.2 Å². The van der Waals surface area contributed by atoms with Crippen LogP contribution < -0.4 is 10.9 Å². The molecule has 0 saturated carbocycles. The van der Waals surface area contributed by atoms with Crippen molar-refractivity contribution in [2.75, 3.05) is 5.32 Å². The number of hydrogen-bond acceptors (Lipinski definition) is 4. The van der Waals surface area contributed by atoms with Gasteiger partial charge in [0.2, 0.25) is 5.95 Å². The minimum Gasteiger partial charge on any atom is -0.324 e. The molecule has 0 aliphatic heterocycles. The third-order valence-corrected chi connectivity index (χ3v) is 3.17. The lowest BCUT2D eigenvalue weighted by Crippen LogP contribution is -2.15. The van der Waals surface area contributed by atoms with Gasteiger partial charge >= 0.3 is 0 Å². The molecule has 0 radical (unpaired) electrons. The van der Waals surface area contributed by atoms with Crippen LogP contribution in [0, 0.1) is 13.8 Å². The Kier molecular flexibility index (Phi) is 3.23. The van der Waals surface area contributed by atoms with E-state index in [-0.39, 0.29) is 5.56 Å². The van der Waals surface area contributed by atoms with E-state index in [1.54, 1.807) is 6.92 Å². The molecule has 2 rings (SSSR count). The van der Waals surface area contributed by atoms with Crippen LogP contribution >= 0.6 is 15.9 Å². The lowest BCUT2D eigenvalue weighted by Gasteiger charge is -2.06. The lowest BCUT2D eigenvalue weighted by atomic mass is 10.2. The van der Waals surface area contributed by atoms with Gasteiger partial charge < -0.3 is 5.32 Å². The van der Waals surface area contributed by atoms with Gasteiger partial charge in [-0.3, -0.25) is 9.78 Å². The normalized spacial score (nSPS) is 10.3. The van der Waals surface area contributed by atoms with Crippen molar-refractivity contribution < 1.29 is 0 Å². The molecule has 1 aromatic carbocycles. The smallest absolute Gasteiger partial charge is 0.273 e. The van der Waals surface area contributed by atoms with E-state index < -0.39 is 0 Å².